The molecule has 4 heteroatoms. The second kappa shape index (κ2) is 2.92. The van der Waals surface area contributed by atoms with Crippen molar-refractivity contribution in [2.24, 2.45) is 0 Å². The zero-order valence-electron chi connectivity index (χ0n) is 9.01. The van der Waals surface area contributed by atoms with Crippen molar-refractivity contribution in [2.45, 2.75) is 33.0 Å². The first-order chi connectivity index (χ1) is 6.54. The third kappa shape index (κ3) is 1.26. The molecule has 4 nitrogen and oxygen atoms in total. The number of aromatic nitrogens is 2. The monoisotopic (exact) mass is 193 g/mol. The lowest BCUT2D eigenvalue weighted by atomic mass is 9.99. The molecule has 0 atom stereocenters. The van der Waals surface area contributed by atoms with Crippen LogP contribution in [0.5, 0.6) is 0 Å². The number of hydrogen-bond donors (Lipinski definition) is 1. The molecule has 0 fully saturated rings. The highest BCUT2D eigenvalue weighted by molar-refractivity contribution is 5.50. The highest BCUT2D eigenvalue weighted by Crippen LogP contribution is 2.38. The Morgan fingerprint density at radius 3 is 2.71 bits per heavy atom. The summed E-state index contributed by atoms with van der Waals surface area (Å²) in [5.74, 6) is 1.67. The van der Waals surface area contributed by atoms with E-state index in [0.717, 1.165) is 22.9 Å². The summed E-state index contributed by atoms with van der Waals surface area (Å²) in [6, 6.07) is 0. The van der Waals surface area contributed by atoms with E-state index >= 15 is 0 Å². The molecule has 0 unspecified atom stereocenters. The molecule has 0 spiro atoms. The quantitative estimate of drug-likeness (QED) is 0.735. The summed E-state index contributed by atoms with van der Waals surface area (Å²) in [6.45, 7) is 6.56. The zero-order valence-corrected chi connectivity index (χ0v) is 9.01. The van der Waals surface area contributed by atoms with Crippen LogP contribution in [0.3, 0.4) is 0 Å². The maximum Gasteiger partial charge on any atom is 0.135 e. The van der Waals surface area contributed by atoms with E-state index in [9.17, 15) is 0 Å². The summed E-state index contributed by atoms with van der Waals surface area (Å²) in [5.41, 5.74) is 1.82. The smallest absolute Gasteiger partial charge is 0.135 e. The summed E-state index contributed by atoms with van der Waals surface area (Å²) in [4.78, 5) is 8.74. The Morgan fingerprint density at radius 1 is 1.36 bits per heavy atom. The molecule has 0 aromatic carbocycles. The lowest BCUT2D eigenvalue weighted by molar-refractivity contribution is -0.00813. The minimum absolute atomic E-state index is 0.276. The fourth-order valence-electron chi connectivity index (χ4n) is 1.87. The van der Waals surface area contributed by atoms with Gasteiger partial charge in [-0.25, -0.2) is 9.97 Å². The minimum atomic E-state index is -0.276. The van der Waals surface area contributed by atoms with Crippen LogP contribution in [0.25, 0.3) is 0 Å². The number of nitrogens with zero attached hydrogens (tertiary/aromatic N) is 2. The molecule has 0 saturated carbocycles. The standard InChI is InChI=1S/C10H15N3O/c1-6-12-7-5-14-10(2,3)8(7)9(11-4)13-6/h5H2,1-4H3,(H,11,12,13). The average Bonchev–Trinajstić information content (AvgIpc) is 2.41. The van der Waals surface area contributed by atoms with Gasteiger partial charge in [0.25, 0.3) is 0 Å². The molecule has 1 aromatic rings. The fourth-order valence-corrected chi connectivity index (χ4v) is 1.87. The van der Waals surface area contributed by atoms with Crippen molar-refractivity contribution >= 4 is 5.82 Å². The number of anilines is 1. The molecule has 1 N–H and O–H groups in total. The molecule has 2 rings (SSSR count). The molecule has 0 saturated heterocycles. The van der Waals surface area contributed by atoms with Crippen LogP contribution in [0.4, 0.5) is 5.82 Å². The van der Waals surface area contributed by atoms with Gasteiger partial charge in [0.2, 0.25) is 0 Å². The summed E-state index contributed by atoms with van der Waals surface area (Å²) < 4.78 is 5.67. The Balaban J connectivity index is 2.63. The van der Waals surface area contributed by atoms with Gasteiger partial charge >= 0.3 is 0 Å². The predicted molar refractivity (Wildman–Crippen MR) is 54.1 cm³/mol. The lowest BCUT2D eigenvalue weighted by Crippen LogP contribution is -2.18. The van der Waals surface area contributed by atoms with Gasteiger partial charge in [0.05, 0.1) is 17.9 Å². The summed E-state index contributed by atoms with van der Waals surface area (Å²) in [6.07, 6.45) is 0. The number of hydrogen-bond acceptors (Lipinski definition) is 4. The Bertz CT molecular complexity index is 374. The Hall–Kier alpha value is -1.16. The van der Waals surface area contributed by atoms with Crippen LogP contribution in [0.1, 0.15) is 30.9 Å². The van der Waals surface area contributed by atoms with Crippen molar-refractivity contribution < 1.29 is 4.74 Å². The van der Waals surface area contributed by atoms with Crippen LogP contribution in [0.15, 0.2) is 0 Å². The van der Waals surface area contributed by atoms with E-state index in [2.05, 4.69) is 15.3 Å². The van der Waals surface area contributed by atoms with E-state index in [1.807, 2.05) is 27.8 Å². The number of nitrogens with one attached hydrogen (secondary N) is 1. The Kier molecular flexibility index (Phi) is 1.96. The van der Waals surface area contributed by atoms with Crippen LogP contribution in [-0.2, 0) is 16.9 Å². The van der Waals surface area contributed by atoms with E-state index in [-0.39, 0.29) is 5.60 Å². The Morgan fingerprint density at radius 2 is 2.07 bits per heavy atom. The van der Waals surface area contributed by atoms with Gasteiger partial charge in [-0.15, -0.1) is 0 Å². The second-order valence-electron chi connectivity index (χ2n) is 3.99. The van der Waals surface area contributed by atoms with E-state index in [4.69, 9.17) is 4.74 Å². The molecule has 0 amide bonds. The molecule has 76 valence electrons. The van der Waals surface area contributed by atoms with Crippen molar-refractivity contribution in [3.8, 4) is 0 Å². The van der Waals surface area contributed by atoms with E-state index in [0.29, 0.717) is 6.61 Å². The number of ether oxygens (including phenoxy) is 1. The maximum absolute atomic E-state index is 5.67. The van der Waals surface area contributed by atoms with Crippen LogP contribution >= 0.6 is 0 Å². The normalized spacial score (nSPS) is 18.0. The van der Waals surface area contributed by atoms with Gasteiger partial charge < -0.3 is 10.1 Å². The van der Waals surface area contributed by atoms with Gasteiger partial charge in [0.1, 0.15) is 11.6 Å². The van der Waals surface area contributed by atoms with Crippen LogP contribution in [0.2, 0.25) is 0 Å². The third-order valence-corrected chi connectivity index (χ3v) is 2.50. The maximum atomic E-state index is 5.67. The topological polar surface area (TPSA) is 47.0 Å². The summed E-state index contributed by atoms with van der Waals surface area (Å²) in [5, 5.41) is 3.09. The van der Waals surface area contributed by atoms with Crippen LogP contribution < -0.4 is 5.32 Å². The molecule has 0 bridgehead atoms. The molecular formula is C10H15N3O. The molecule has 1 aliphatic heterocycles. The van der Waals surface area contributed by atoms with Crippen molar-refractivity contribution in [1.29, 1.82) is 0 Å². The van der Waals surface area contributed by atoms with Gasteiger partial charge in [-0.3, -0.25) is 0 Å². The first kappa shape index (κ1) is 9.40. The van der Waals surface area contributed by atoms with Gasteiger partial charge in [-0.2, -0.15) is 0 Å². The lowest BCUT2D eigenvalue weighted by Gasteiger charge is -2.20. The second-order valence-corrected chi connectivity index (χ2v) is 3.99. The number of rotatable bonds is 1. The fraction of sp³-hybridized carbons (Fsp3) is 0.600. The van der Waals surface area contributed by atoms with E-state index < -0.39 is 0 Å². The van der Waals surface area contributed by atoms with Crippen molar-refractivity contribution in [3.05, 3.63) is 17.1 Å². The summed E-state index contributed by atoms with van der Waals surface area (Å²) in [7, 11) is 1.87. The van der Waals surface area contributed by atoms with E-state index in [1.54, 1.807) is 0 Å². The molecule has 1 aromatic heterocycles. The Labute approximate surface area is 83.7 Å². The zero-order chi connectivity index (χ0) is 10.3. The van der Waals surface area contributed by atoms with Gasteiger partial charge in [-0.05, 0) is 20.8 Å². The highest BCUT2D eigenvalue weighted by Gasteiger charge is 2.35. The largest absolute Gasteiger partial charge is 0.373 e. The molecule has 0 radical (unpaired) electrons. The van der Waals surface area contributed by atoms with Crippen LogP contribution in [0, 0.1) is 6.92 Å². The minimum Gasteiger partial charge on any atom is -0.373 e. The van der Waals surface area contributed by atoms with Crippen molar-refractivity contribution in [3.63, 3.8) is 0 Å². The van der Waals surface area contributed by atoms with Crippen molar-refractivity contribution in [2.75, 3.05) is 12.4 Å². The number of aryl methyl sites for hydroxylation is 1. The molecule has 0 aliphatic carbocycles. The first-order valence-electron chi connectivity index (χ1n) is 4.74. The van der Waals surface area contributed by atoms with Gasteiger partial charge in [-0.1, -0.05) is 0 Å². The molecule has 14 heavy (non-hydrogen) atoms. The SMILES string of the molecule is CNc1nc(C)nc2c1C(C)(C)OC2. The average molecular weight is 193 g/mol. The molecule has 1 aliphatic rings. The number of fused-ring (bicyclic) bond motifs is 1. The van der Waals surface area contributed by atoms with E-state index in [1.165, 1.54) is 0 Å². The van der Waals surface area contributed by atoms with Crippen molar-refractivity contribution in [1.82, 2.24) is 9.97 Å². The first-order valence-corrected chi connectivity index (χ1v) is 4.74. The summed E-state index contributed by atoms with van der Waals surface area (Å²) >= 11 is 0. The molecule has 2 heterocycles. The molecular weight excluding hydrogens is 178 g/mol. The van der Waals surface area contributed by atoms with Gasteiger partial charge in [0.15, 0.2) is 0 Å². The third-order valence-electron chi connectivity index (χ3n) is 2.50. The van der Waals surface area contributed by atoms with Gasteiger partial charge in [0, 0.05) is 12.6 Å². The highest BCUT2D eigenvalue weighted by atomic mass is 16.5. The predicted octanol–water partition coefficient (Wildman–Crippen LogP) is 1.59. The van der Waals surface area contributed by atoms with Crippen LogP contribution in [-0.4, -0.2) is 17.0 Å².